The lowest BCUT2D eigenvalue weighted by Crippen LogP contribution is -2.06. The van der Waals surface area contributed by atoms with E-state index < -0.39 is 0 Å². The highest BCUT2D eigenvalue weighted by Crippen LogP contribution is 2.11. The van der Waals surface area contributed by atoms with Crippen LogP contribution < -0.4 is 0 Å². The highest BCUT2D eigenvalue weighted by atomic mass is 16.5. The minimum absolute atomic E-state index is 0.155. The zero-order valence-electron chi connectivity index (χ0n) is 13.0. The van der Waals surface area contributed by atoms with Gasteiger partial charge in [0.15, 0.2) is 0 Å². The standard InChI is InChI=1S/C15H22O3.C2H6/c1-2-3-4-5-6-7-12-18-15(17)13-8-10-14(16)11-9-13;1-2/h8-11,16H,2-7,12H2,1H3;1-2H3. The van der Waals surface area contributed by atoms with Crippen molar-refractivity contribution >= 4 is 5.97 Å². The minimum atomic E-state index is -0.316. The molecule has 1 aromatic carbocycles. The Morgan fingerprint density at radius 3 is 2.15 bits per heavy atom. The van der Waals surface area contributed by atoms with E-state index in [0.29, 0.717) is 12.2 Å². The van der Waals surface area contributed by atoms with Crippen LogP contribution in [0.2, 0.25) is 0 Å². The molecule has 0 aliphatic carbocycles. The van der Waals surface area contributed by atoms with Crippen LogP contribution in [-0.4, -0.2) is 17.7 Å². The first kappa shape index (κ1) is 18.5. The Labute approximate surface area is 123 Å². The average molecular weight is 280 g/mol. The second kappa shape index (κ2) is 12.5. The van der Waals surface area contributed by atoms with E-state index in [1.807, 2.05) is 13.8 Å². The predicted molar refractivity (Wildman–Crippen MR) is 83.1 cm³/mol. The van der Waals surface area contributed by atoms with Crippen molar-refractivity contribution in [3.05, 3.63) is 29.8 Å². The van der Waals surface area contributed by atoms with E-state index in [2.05, 4.69) is 6.92 Å². The van der Waals surface area contributed by atoms with Gasteiger partial charge in [0, 0.05) is 0 Å². The molecular weight excluding hydrogens is 252 g/mol. The molecule has 0 unspecified atom stereocenters. The summed E-state index contributed by atoms with van der Waals surface area (Å²) in [5.41, 5.74) is 0.485. The summed E-state index contributed by atoms with van der Waals surface area (Å²) in [6.07, 6.45) is 7.05. The first-order chi connectivity index (χ1) is 9.74. The van der Waals surface area contributed by atoms with Gasteiger partial charge in [0.1, 0.15) is 5.75 Å². The number of hydrogen-bond donors (Lipinski definition) is 1. The van der Waals surface area contributed by atoms with Crippen LogP contribution in [-0.2, 0) is 4.74 Å². The molecular formula is C17H28O3. The van der Waals surface area contributed by atoms with Crippen LogP contribution in [0.25, 0.3) is 0 Å². The molecule has 0 saturated heterocycles. The fraction of sp³-hybridized carbons (Fsp3) is 0.588. The van der Waals surface area contributed by atoms with E-state index in [4.69, 9.17) is 9.84 Å². The Balaban J connectivity index is 0.00000172. The van der Waals surface area contributed by atoms with E-state index in [1.54, 1.807) is 12.1 Å². The number of benzene rings is 1. The minimum Gasteiger partial charge on any atom is -0.508 e. The van der Waals surface area contributed by atoms with Gasteiger partial charge in [-0.05, 0) is 30.7 Å². The van der Waals surface area contributed by atoms with Gasteiger partial charge in [-0.25, -0.2) is 4.79 Å². The number of carbonyl (C=O) groups is 1. The van der Waals surface area contributed by atoms with E-state index in [-0.39, 0.29) is 11.7 Å². The van der Waals surface area contributed by atoms with E-state index >= 15 is 0 Å². The van der Waals surface area contributed by atoms with Crippen molar-refractivity contribution in [2.75, 3.05) is 6.61 Å². The first-order valence-electron chi connectivity index (χ1n) is 7.70. The van der Waals surface area contributed by atoms with Crippen LogP contribution in [0.4, 0.5) is 0 Å². The molecule has 0 aromatic heterocycles. The van der Waals surface area contributed by atoms with Gasteiger partial charge in [-0.3, -0.25) is 0 Å². The van der Waals surface area contributed by atoms with Crippen molar-refractivity contribution in [1.82, 2.24) is 0 Å². The second-order valence-electron chi connectivity index (χ2n) is 4.45. The van der Waals surface area contributed by atoms with Gasteiger partial charge < -0.3 is 9.84 Å². The first-order valence-corrected chi connectivity index (χ1v) is 7.70. The lowest BCUT2D eigenvalue weighted by Gasteiger charge is -2.05. The fourth-order valence-corrected chi connectivity index (χ4v) is 1.73. The highest BCUT2D eigenvalue weighted by molar-refractivity contribution is 5.89. The van der Waals surface area contributed by atoms with Gasteiger partial charge >= 0.3 is 5.97 Å². The van der Waals surface area contributed by atoms with Crippen molar-refractivity contribution in [2.24, 2.45) is 0 Å². The van der Waals surface area contributed by atoms with Crippen molar-refractivity contribution in [3.63, 3.8) is 0 Å². The molecule has 0 spiro atoms. The number of aromatic hydroxyl groups is 1. The monoisotopic (exact) mass is 280 g/mol. The molecule has 0 atom stereocenters. The molecule has 1 rings (SSSR count). The molecule has 20 heavy (non-hydrogen) atoms. The van der Waals surface area contributed by atoms with E-state index in [0.717, 1.165) is 12.8 Å². The SMILES string of the molecule is CC.CCCCCCCCOC(=O)c1ccc(O)cc1. The number of esters is 1. The summed E-state index contributed by atoms with van der Waals surface area (Å²) in [5, 5.41) is 9.10. The molecule has 0 aliphatic rings. The van der Waals surface area contributed by atoms with Crippen molar-refractivity contribution in [3.8, 4) is 5.75 Å². The van der Waals surface area contributed by atoms with Gasteiger partial charge in [0.05, 0.1) is 12.2 Å². The van der Waals surface area contributed by atoms with Crippen LogP contribution in [0.1, 0.15) is 69.7 Å². The van der Waals surface area contributed by atoms with Gasteiger partial charge in [0.25, 0.3) is 0 Å². The van der Waals surface area contributed by atoms with Gasteiger partial charge in [-0.15, -0.1) is 0 Å². The maximum Gasteiger partial charge on any atom is 0.338 e. The largest absolute Gasteiger partial charge is 0.508 e. The van der Waals surface area contributed by atoms with Gasteiger partial charge in [0.2, 0.25) is 0 Å². The third kappa shape index (κ3) is 8.57. The number of rotatable bonds is 8. The number of unbranched alkanes of at least 4 members (excludes halogenated alkanes) is 5. The fourth-order valence-electron chi connectivity index (χ4n) is 1.73. The number of phenolic OH excluding ortho intramolecular Hbond substituents is 1. The molecule has 0 saturated carbocycles. The Morgan fingerprint density at radius 1 is 1.00 bits per heavy atom. The predicted octanol–water partition coefficient (Wildman–Crippen LogP) is 4.94. The van der Waals surface area contributed by atoms with Crippen molar-refractivity contribution in [2.45, 2.75) is 59.3 Å². The molecule has 0 bridgehead atoms. The molecule has 3 heteroatoms. The third-order valence-electron chi connectivity index (χ3n) is 2.83. The summed E-state index contributed by atoms with van der Waals surface area (Å²) in [6, 6.07) is 6.11. The number of phenols is 1. The lowest BCUT2D eigenvalue weighted by atomic mass is 10.1. The zero-order valence-corrected chi connectivity index (χ0v) is 13.0. The summed E-state index contributed by atoms with van der Waals surface area (Å²) in [6.45, 7) is 6.67. The normalized spacial score (nSPS) is 9.55. The molecule has 0 aliphatic heterocycles. The maximum atomic E-state index is 11.6. The number of ether oxygens (including phenoxy) is 1. The van der Waals surface area contributed by atoms with Crippen LogP contribution >= 0.6 is 0 Å². The Bertz CT molecular complexity index is 344. The topological polar surface area (TPSA) is 46.5 Å². The zero-order chi connectivity index (χ0) is 15.2. The molecule has 1 N–H and O–H groups in total. The summed E-state index contributed by atoms with van der Waals surface area (Å²) < 4.78 is 5.15. The summed E-state index contributed by atoms with van der Waals surface area (Å²) in [5.74, 6) is -0.161. The molecule has 0 amide bonds. The number of hydrogen-bond acceptors (Lipinski definition) is 3. The summed E-state index contributed by atoms with van der Waals surface area (Å²) in [4.78, 5) is 11.6. The second-order valence-corrected chi connectivity index (χ2v) is 4.45. The van der Waals surface area contributed by atoms with Gasteiger partial charge in [-0.1, -0.05) is 52.9 Å². The number of carbonyl (C=O) groups excluding carboxylic acids is 1. The van der Waals surface area contributed by atoms with E-state index in [1.165, 1.54) is 37.8 Å². The van der Waals surface area contributed by atoms with Gasteiger partial charge in [-0.2, -0.15) is 0 Å². The van der Waals surface area contributed by atoms with Crippen molar-refractivity contribution < 1.29 is 14.6 Å². The molecule has 114 valence electrons. The molecule has 0 radical (unpaired) electrons. The van der Waals surface area contributed by atoms with Crippen LogP contribution in [0.5, 0.6) is 5.75 Å². The quantitative estimate of drug-likeness (QED) is 0.542. The molecule has 0 fully saturated rings. The Kier molecular flexibility index (Phi) is 11.6. The summed E-state index contributed by atoms with van der Waals surface area (Å²) >= 11 is 0. The van der Waals surface area contributed by atoms with E-state index in [9.17, 15) is 4.79 Å². The smallest absolute Gasteiger partial charge is 0.338 e. The lowest BCUT2D eigenvalue weighted by molar-refractivity contribution is 0.0497. The van der Waals surface area contributed by atoms with Crippen LogP contribution in [0, 0.1) is 0 Å². The average Bonchev–Trinajstić information content (AvgIpc) is 2.49. The Hall–Kier alpha value is -1.51. The maximum absolute atomic E-state index is 11.6. The summed E-state index contributed by atoms with van der Waals surface area (Å²) in [7, 11) is 0. The van der Waals surface area contributed by atoms with Crippen LogP contribution in [0.3, 0.4) is 0 Å². The molecule has 1 aromatic rings. The highest BCUT2D eigenvalue weighted by Gasteiger charge is 2.05. The van der Waals surface area contributed by atoms with Crippen molar-refractivity contribution in [1.29, 1.82) is 0 Å². The Morgan fingerprint density at radius 2 is 1.55 bits per heavy atom. The molecule has 0 heterocycles. The molecule has 3 nitrogen and oxygen atoms in total. The van der Waals surface area contributed by atoms with Crippen LogP contribution in [0.15, 0.2) is 24.3 Å². The third-order valence-corrected chi connectivity index (χ3v) is 2.83.